The molecule has 0 bridgehead atoms. The van der Waals surface area contributed by atoms with E-state index in [2.05, 4.69) is 119 Å². The van der Waals surface area contributed by atoms with Gasteiger partial charge in [-0.15, -0.1) is 0 Å². The maximum absolute atomic E-state index is 6.53. The Morgan fingerprint density at radius 2 is 1.24 bits per heavy atom. The first kappa shape index (κ1) is 25.3. The van der Waals surface area contributed by atoms with Crippen LogP contribution in [-0.2, 0) is 9.31 Å². The average molecular weight is 547 g/mol. The maximum atomic E-state index is 6.53. The number of benzene rings is 5. The highest BCUT2D eigenvalue weighted by Gasteiger charge is 2.51. The Hall–Kier alpha value is -4.45. The Morgan fingerprint density at radius 3 is 2.02 bits per heavy atom. The van der Waals surface area contributed by atoms with Crippen molar-refractivity contribution < 1.29 is 13.7 Å². The zero-order chi connectivity index (χ0) is 28.6. The summed E-state index contributed by atoms with van der Waals surface area (Å²) < 4.78 is 19.5. The van der Waals surface area contributed by atoms with Gasteiger partial charge < -0.3 is 13.7 Å². The summed E-state index contributed by atoms with van der Waals surface area (Å²) in [5.74, 6) is 0. The summed E-state index contributed by atoms with van der Waals surface area (Å²) >= 11 is 0. The van der Waals surface area contributed by atoms with Crippen molar-refractivity contribution in [1.29, 1.82) is 0 Å². The summed E-state index contributed by atoms with van der Waals surface area (Å²) in [5, 5.41) is 5.51. The van der Waals surface area contributed by atoms with E-state index in [1.165, 1.54) is 0 Å². The minimum atomic E-state index is -0.459. The number of nitrogens with zero attached hydrogens (tertiary/aromatic N) is 1. The lowest BCUT2D eigenvalue weighted by Crippen LogP contribution is -2.41. The molecule has 0 atom stereocenters. The first-order chi connectivity index (χ1) is 20.3. The van der Waals surface area contributed by atoms with E-state index in [0.29, 0.717) is 0 Å². The number of fused-ring (bicyclic) bond motifs is 6. The topological polar surface area (TPSA) is 44.5 Å². The molecule has 0 unspecified atom stereocenters. The molecule has 5 aromatic carbocycles. The van der Waals surface area contributed by atoms with Crippen LogP contribution < -0.4 is 5.46 Å². The van der Waals surface area contributed by atoms with Gasteiger partial charge in [-0.2, -0.15) is 0 Å². The van der Waals surface area contributed by atoms with Gasteiger partial charge >= 0.3 is 7.12 Å². The molecule has 8 rings (SSSR count). The summed E-state index contributed by atoms with van der Waals surface area (Å²) in [5.41, 5.74) is 7.03. The van der Waals surface area contributed by atoms with E-state index in [9.17, 15) is 0 Å². The number of hydrogen-bond donors (Lipinski definition) is 0. The first-order valence-corrected chi connectivity index (χ1v) is 14.5. The lowest BCUT2D eigenvalue weighted by Gasteiger charge is -2.32. The second-order valence-electron chi connectivity index (χ2n) is 12.2. The highest BCUT2D eigenvalue weighted by atomic mass is 16.7. The summed E-state index contributed by atoms with van der Waals surface area (Å²) in [6, 6.07) is 37.9. The standard InChI is InChI=1S/C37H30BNO3/c1-36(2)37(3,4)42-38(41-36)25-16-12-15-24(21-25)32-33-26-17-8-10-19-29(26)39-35(23-13-6-5-7-14-23)28(33)22-31-34(32)27-18-9-11-20-30(27)40-31/h5-22H,1-4H3. The van der Waals surface area contributed by atoms with Gasteiger partial charge in [-0.3, -0.25) is 0 Å². The van der Waals surface area contributed by atoms with Crippen molar-refractivity contribution in [2.24, 2.45) is 0 Å². The van der Waals surface area contributed by atoms with E-state index in [4.69, 9.17) is 18.7 Å². The molecule has 1 saturated heterocycles. The number of hydrogen-bond acceptors (Lipinski definition) is 4. The van der Waals surface area contributed by atoms with Gasteiger partial charge in [0.05, 0.1) is 22.4 Å². The molecule has 2 aromatic heterocycles. The van der Waals surface area contributed by atoms with E-state index < -0.39 is 18.3 Å². The van der Waals surface area contributed by atoms with Crippen molar-refractivity contribution in [3.05, 3.63) is 109 Å². The highest BCUT2D eigenvalue weighted by molar-refractivity contribution is 6.62. The molecule has 5 heteroatoms. The van der Waals surface area contributed by atoms with Gasteiger partial charge in [-0.25, -0.2) is 4.98 Å². The number of rotatable bonds is 3. The van der Waals surface area contributed by atoms with Gasteiger partial charge in [0.15, 0.2) is 0 Å². The van der Waals surface area contributed by atoms with Crippen LogP contribution in [0, 0.1) is 0 Å². The third-order valence-corrected chi connectivity index (χ3v) is 9.08. The third-order valence-electron chi connectivity index (χ3n) is 9.08. The van der Waals surface area contributed by atoms with E-state index >= 15 is 0 Å². The quantitative estimate of drug-likeness (QED) is 0.164. The van der Waals surface area contributed by atoms with Crippen molar-refractivity contribution in [1.82, 2.24) is 4.98 Å². The number of para-hydroxylation sites is 2. The predicted octanol–water partition coefficient (Wildman–Crippen LogP) is 8.92. The molecule has 0 saturated carbocycles. The molecule has 0 radical (unpaired) electrons. The fraction of sp³-hybridized carbons (Fsp3) is 0.162. The van der Waals surface area contributed by atoms with Crippen LogP contribution in [0.3, 0.4) is 0 Å². The Balaban J connectivity index is 1.51. The smallest absolute Gasteiger partial charge is 0.456 e. The Bertz CT molecular complexity index is 2150. The summed E-state index contributed by atoms with van der Waals surface area (Å²) in [7, 11) is -0.459. The molecule has 3 heterocycles. The van der Waals surface area contributed by atoms with E-state index in [-0.39, 0.29) is 0 Å². The van der Waals surface area contributed by atoms with Crippen LogP contribution in [0.5, 0.6) is 0 Å². The van der Waals surface area contributed by atoms with Crippen molar-refractivity contribution in [3.8, 4) is 22.4 Å². The number of furan rings is 1. The van der Waals surface area contributed by atoms with E-state index in [0.717, 1.165) is 71.5 Å². The SMILES string of the molecule is CC1(C)OB(c2cccc(-c3c4c(cc5c(-c6ccccc6)nc6ccccc6c35)oc3ccccc34)c2)OC1(C)C. The molecule has 0 amide bonds. The highest BCUT2D eigenvalue weighted by Crippen LogP contribution is 2.46. The van der Waals surface area contributed by atoms with Crippen LogP contribution in [0.25, 0.3) is 66.0 Å². The second kappa shape index (κ2) is 9.03. The summed E-state index contributed by atoms with van der Waals surface area (Å²) in [6.45, 7) is 8.36. The first-order valence-electron chi connectivity index (χ1n) is 14.5. The van der Waals surface area contributed by atoms with Crippen molar-refractivity contribution in [2.75, 3.05) is 0 Å². The maximum Gasteiger partial charge on any atom is 0.494 e. The summed E-state index contributed by atoms with van der Waals surface area (Å²) in [4.78, 5) is 5.20. The van der Waals surface area contributed by atoms with Crippen LogP contribution in [0.4, 0.5) is 0 Å². The van der Waals surface area contributed by atoms with Gasteiger partial charge in [0, 0.05) is 38.1 Å². The van der Waals surface area contributed by atoms with Crippen LogP contribution >= 0.6 is 0 Å². The molecule has 0 N–H and O–H groups in total. The fourth-order valence-corrected chi connectivity index (χ4v) is 6.24. The van der Waals surface area contributed by atoms with Crippen LogP contribution in [0.15, 0.2) is 114 Å². The minimum absolute atomic E-state index is 0.423. The van der Waals surface area contributed by atoms with Gasteiger partial charge in [0.2, 0.25) is 0 Å². The van der Waals surface area contributed by atoms with Crippen LogP contribution in [0.2, 0.25) is 0 Å². The molecule has 4 nitrogen and oxygen atoms in total. The number of pyridine rings is 1. The lowest BCUT2D eigenvalue weighted by molar-refractivity contribution is 0.00578. The van der Waals surface area contributed by atoms with Crippen molar-refractivity contribution >= 4 is 56.2 Å². The van der Waals surface area contributed by atoms with E-state index in [1.807, 2.05) is 18.2 Å². The third kappa shape index (κ3) is 3.74. The Morgan fingerprint density at radius 1 is 0.571 bits per heavy atom. The second-order valence-corrected chi connectivity index (χ2v) is 12.2. The van der Waals surface area contributed by atoms with Gasteiger partial charge in [0.1, 0.15) is 11.2 Å². The normalized spacial score (nSPS) is 16.2. The van der Waals surface area contributed by atoms with Crippen LogP contribution in [-0.4, -0.2) is 23.3 Å². The molecule has 0 aliphatic carbocycles. The zero-order valence-corrected chi connectivity index (χ0v) is 24.1. The molecular weight excluding hydrogens is 517 g/mol. The molecule has 1 fully saturated rings. The van der Waals surface area contributed by atoms with Gasteiger partial charge in [0.25, 0.3) is 0 Å². The Labute approximate surface area is 245 Å². The van der Waals surface area contributed by atoms with Gasteiger partial charge in [-0.05, 0) is 56.9 Å². The molecule has 1 aliphatic heterocycles. The predicted molar refractivity (Wildman–Crippen MR) is 173 cm³/mol. The number of aromatic nitrogens is 1. The fourth-order valence-electron chi connectivity index (χ4n) is 6.24. The van der Waals surface area contributed by atoms with E-state index in [1.54, 1.807) is 0 Å². The summed E-state index contributed by atoms with van der Waals surface area (Å²) in [6.07, 6.45) is 0. The molecule has 204 valence electrons. The Kier molecular flexibility index (Phi) is 5.43. The zero-order valence-electron chi connectivity index (χ0n) is 24.1. The van der Waals surface area contributed by atoms with Crippen molar-refractivity contribution in [2.45, 2.75) is 38.9 Å². The molecule has 7 aromatic rings. The molecular formula is C37H30BNO3. The van der Waals surface area contributed by atoms with Crippen molar-refractivity contribution in [3.63, 3.8) is 0 Å². The van der Waals surface area contributed by atoms with Gasteiger partial charge in [-0.1, -0.05) is 91.0 Å². The largest absolute Gasteiger partial charge is 0.494 e. The molecule has 42 heavy (non-hydrogen) atoms. The molecule has 0 spiro atoms. The van der Waals surface area contributed by atoms with Crippen LogP contribution in [0.1, 0.15) is 27.7 Å². The minimum Gasteiger partial charge on any atom is -0.456 e. The molecule has 1 aliphatic rings. The monoisotopic (exact) mass is 547 g/mol. The average Bonchev–Trinajstić information content (AvgIpc) is 3.48. The lowest BCUT2D eigenvalue weighted by atomic mass is 9.77.